The molecule has 0 bridgehead atoms. The molecule has 0 saturated carbocycles. The molecule has 0 saturated heterocycles. The maximum Gasteiger partial charge on any atom is 0.198 e. The van der Waals surface area contributed by atoms with E-state index < -0.39 is 17.4 Å². The molecule has 0 atom stereocenters. The largest absolute Gasteiger partial charge is 0.288 e. The van der Waals surface area contributed by atoms with Gasteiger partial charge in [0.1, 0.15) is 11.6 Å². The zero-order valence-electron chi connectivity index (χ0n) is 8.88. The smallest absolute Gasteiger partial charge is 0.198 e. The molecule has 92 valence electrons. The average Bonchev–Trinajstić information content (AvgIpc) is 2.31. The van der Waals surface area contributed by atoms with Gasteiger partial charge in [-0.1, -0.05) is 27.5 Å². The molecule has 2 aromatic carbocycles. The van der Waals surface area contributed by atoms with E-state index in [-0.39, 0.29) is 16.1 Å². The number of benzene rings is 2. The van der Waals surface area contributed by atoms with Gasteiger partial charge in [0.2, 0.25) is 0 Å². The molecule has 0 aliphatic heterocycles. The van der Waals surface area contributed by atoms with Crippen molar-refractivity contribution in [2.45, 2.75) is 0 Å². The first-order valence-electron chi connectivity index (χ1n) is 4.94. The third-order valence-electron chi connectivity index (χ3n) is 2.35. The summed E-state index contributed by atoms with van der Waals surface area (Å²) in [6.07, 6.45) is 0. The van der Waals surface area contributed by atoms with Crippen LogP contribution in [0.3, 0.4) is 0 Å². The molecule has 0 amide bonds. The number of carbonyl (C=O) groups is 1. The van der Waals surface area contributed by atoms with Gasteiger partial charge in [-0.2, -0.15) is 0 Å². The molecule has 0 radical (unpaired) electrons. The van der Waals surface area contributed by atoms with Crippen LogP contribution in [0, 0.1) is 11.6 Å². The van der Waals surface area contributed by atoms with Crippen molar-refractivity contribution in [2.24, 2.45) is 0 Å². The third-order valence-corrected chi connectivity index (χ3v) is 3.08. The maximum absolute atomic E-state index is 13.6. The first-order chi connectivity index (χ1) is 8.49. The number of hydrogen-bond acceptors (Lipinski definition) is 1. The van der Waals surface area contributed by atoms with Crippen molar-refractivity contribution in [3.8, 4) is 0 Å². The Balaban J connectivity index is 2.51. The number of rotatable bonds is 2. The van der Waals surface area contributed by atoms with E-state index in [0.717, 1.165) is 12.1 Å². The van der Waals surface area contributed by atoms with Crippen LogP contribution >= 0.6 is 27.5 Å². The quantitative estimate of drug-likeness (QED) is 0.734. The van der Waals surface area contributed by atoms with Gasteiger partial charge in [0, 0.05) is 9.50 Å². The van der Waals surface area contributed by atoms with E-state index >= 15 is 0 Å². The zero-order valence-corrected chi connectivity index (χ0v) is 11.2. The first kappa shape index (κ1) is 13.2. The van der Waals surface area contributed by atoms with Gasteiger partial charge in [-0.15, -0.1) is 0 Å². The molecule has 2 aromatic rings. The molecular formula is C13H6BrClF2O. The molecule has 5 heteroatoms. The second-order valence-corrected chi connectivity index (χ2v) is 4.93. The van der Waals surface area contributed by atoms with Crippen LogP contribution in [0.2, 0.25) is 5.02 Å². The van der Waals surface area contributed by atoms with Crippen LogP contribution in [0.5, 0.6) is 0 Å². The van der Waals surface area contributed by atoms with Gasteiger partial charge in [0.15, 0.2) is 5.78 Å². The third kappa shape index (κ3) is 2.60. The fourth-order valence-electron chi connectivity index (χ4n) is 1.49. The molecule has 0 spiro atoms. The number of halogens is 4. The van der Waals surface area contributed by atoms with E-state index in [1.807, 2.05) is 0 Å². The van der Waals surface area contributed by atoms with E-state index in [4.69, 9.17) is 11.6 Å². The Morgan fingerprint density at radius 1 is 1.00 bits per heavy atom. The Labute approximate surface area is 116 Å². The molecular weight excluding hydrogens is 325 g/mol. The van der Waals surface area contributed by atoms with Gasteiger partial charge >= 0.3 is 0 Å². The van der Waals surface area contributed by atoms with E-state index in [9.17, 15) is 13.6 Å². The second-order valence-electron chi connectivity index (χ2n) is 3.58. The lowest BCUT2D eigenvalue weighted by molar-refractivity contribution is 0.103. The molecule has 0 aromatic heterocycles. The molecule has 0 aliphatic carbocycles. The van der Waals surface area contributed by atoms with Crippen molar-refractivity contribution < 1.29 is 13.6 Å². The minimum Gasteiger partial charge on any atom is -0.288 e. The molecule has 0 heterocycles. The highest BCUT2D eigenvalue weighted by molar-refractivity contribution is 9.10. The normalized spacial score (nSPS) is 10.4. The summed E-state index contributed by atoms with van der Waals surface area (Å²) in [7, 11) is 0. The van der Waals surface area contributed by atoms with Crippen LogP contribution in [0.15, 0.2) is 40.9 Å². The van der Waals surface area contributed by atoms with Crippen molar-refractivity contribution >= 4 is 33.3 Å². The predicted octanol–water partition coefficient (Wildman–Crippen LogP) is 4.61. The van der Waals surface area contributed by atoms with E-state index in [0.29, 0.717) is 4.47 Å². The average molecular weight is 332 g/mol. The van der Waals surface area contributed by atoms with Crippen LogP contribution in [0.4, 0.5) is 8.78 Å². The van der Waals surface area contributed by atoms with Crippen LogP contribution < -0.4 is 0 Å². The second kappa shape index (κ2) is 5.16. The van der Waals surface area contributed by atoms with Gasteiger partial charge < -0.3 is 0 Å². The van der Waals surface area contributed by atoms with Crippen LogP contribution in [0.1, 0.15) is 15.9 Å². The molecule has 0 unspecified atom stereocenters. The summed E-state index contributed by atoms with van der Waals surface area (Å²) in [4.78, 5) is 12.0. The molecule has 1 nitrogen and oxygen atoms in total. The van der Waals surface area contributed by atoms with E-state index in [1.54, 1.807) is 0 Å². The fraction of sp³-hybridized carbons (Fsp3) is 0. The topological polar surface area (TPSA) is 17.1 Å². The van der Waals surface area contributed by atoms with E-state index in [1.165, 1.54) is 24.3 Å². The summed E-state index contributed by atoms with van der Waals surface area (Å²) >= 11 is 8.72. The lowest BCUT2D eigenvalue weighted by atomic mass is 10.0. The molecule has 0 aliphatic rings. The van der Waals surface area contributed by atoms with Crippen molar-refractivity contribution in [1.29, 1.82) is 0 Å². The fourth-order valence-corrected chi connectivity index (χ4v) is 2.01. The molecule has 0 N–H and O–H groups in total. The number of ketones is 1. The van der Waals surface area contributed by atoms with E-state index in [2.05, 4.69) is 15.9 Å². The molecule has 2 rings (SSSR count). The summed E-state index contributed by atoms with van der Waals surface area (Å²) in [6.45, 7) is 0. The lowest BCUT2D eigenvalue weighted by Crippen LogP contribution is -2.06. The van der Waals surface area contributed by atoms with Crippen molar-refractivity contribution in [3.05, 3.63) is 68.7 Å². The zero-order chi connectivity index (χ0) is 13.3. The summed E-state index contributed by atoms with van der Waals surface area (Å²) < 4.78 is 27.6. The van der Waals surface area contributed by atoms with Crippen LogP contribution in [-0.2, 0) is 0 Å². The summed E-state index contributed by atoms with van der Waals surface area (Å²) in [5.41, 5.74) is -0.401. The monoisotopic (exact) mass is 330 g/mol. The SMILES string of the molecule is O=C(c1ccc(Cl)cc1F)c1cc(Br)ccc1F. The number of carbonyl (C=O) groups excluding carboxylic acids is 1. The van der Waals surface area contributed by atoms with Gasteiger partial charge in [0.25, 0.3) is 0 Å². The Bertz CT molecular complexity index is 628. The highest BCUT2D eigenvalue weighted by atomic mass is 79.9. The lowest BCUT2D eigenvalue weighted by Gasteiger charge is -2.05. The Kier molecular flexibility index (Phi) is 3.78. The molecule has 0 fully saturated rings. The predicted molar refractivity (Wildman–Crippen MR) is 68.9 cm³/mol. The van der Waals surface area contributed by atoms with Gasteiger partial charge in [-0.3, -0.25) is 4.79 Å². The summed E-state index contributed by atoms with van der Waals surface area (Å²) in [5.74, 6) is -2.19. The summed E-state index contributed by atoms with van der Waals surface area (Å²) in [6, 6.07) is 7.56. The van der Waals surface area contributed by atoms with Crippen molar-refractivity contribution in [1.82, 2.24) is 0 Å². The van der Waals surface area contributed by atoms with Crippen molar-refractivity contribution in [3.63, 3.8) is 0 Å². The Morgan fingerprint density at radius 3 is 2.39 bits per heavy atom. The highest BCUT2D eigenvalue weighted by Crippen LogP contribution is 2.22. The minimum absolute atomic E-state index is 0.179. The van der Waals surface area contributed by atoms with Gasteiger partial charge in [0.05, 0.1) is 11.1 Å². The first-order valence-corrected chi connectivity index (χ1v) is 6.11. The van der Waals surface area contributed by atoms with Crippen molar-refractivity contribution in [2.75, 3.05) is 0 Å². The van der Waals surface area contributed by atoms with Crippen LogP contribution in [-0.4, -0.2) is 5.78 Å². The molecule has 18 heavy (non-hydrogen) atoms. The maximum atomic E-state index is 13.6. The highest BCUT2D eigenvalue weighted by Gasteiger charge is 2.18. The minimum atomic E-state index is -0.771. The summed E-state index contributed by atoms with van der Waals surface area (Å²) in [5, 5.41) is 0.179. The Hall–Kier alpha value is -1.26. The van der Waals surface area contributed by atoms with Gasteiger partial charge in [-0.05, 0) is 36.4 Å². The Morgan fingerprint density at radius 2 is 1.72 bits per heavy atom. The standard InChI is InChI=1S/C13H6BrClF2O/c14-7-1-4-11(16)10(5-7)13(18)9-3-2-8(15)6-12(9)17/h1-6H. The number of hydrogen-bond donors (Lipinski definition) is 0. The van der Waals surface area contributed by atoms with Gasteiger partial charge in [-0.25, -0.2) is 8.78 Å². The van der Waals surface area contributed by atoms with Crippen LogP contribution in [0.25, 0.3) is 0 Å².